The number of esters is 2. The van der Waals surface area contributed by atoms with Crippen LogP contribution in [0.3, 0.4) is 0 Å². The van der Waals surface area contributed by atoms with E-state index >= 15 is 0 Å². The van der Waals surface area contributed by atoms with Gasteiger partial charge in [-0.3, -0.25) is 19.2 Å². The first-order valence-corrected chi connectivity index (χ1v) is 14.7. The second-order valence-corrected chi connectivity index (χ2v) is 13.5. The number of rotatable bonds is 6. The van der Waals surface area contributed by atoms with Crippen LogP contribution in [0.1, 0.15) is 87.5 Å². The number of ketones is 2. The lowest BCUT2D eigenvalue weighted by molar-refractivity contribution is -0.222. The molecule has 224 valence electrons. The van der Waals surface area contributed by atoms with E-state index in [-0.39, 0.29) is 35.4 Å². The number of ether oxygens (including phenoxy) is 2. The molecule has 0 aromatic rings. The maximum absolute atomic E-state index is 14.4. The molecule has 0 saturated heterocycles. The minimum atomic E-state index is -1.12. The minimum absolute atomic E-state index is 0.116. The number of hydrogen-bond donors (Lipinski definition) is 1. The molecule has 0 aromatic carbocycles. The van der Waals surface area contributed by atoms with Crippen LogP contribution in [0, 0.1) is 39.9 Å². The van der Waals surface area contributed by atoms with E-state index in [9.17, 15) is 29.1 Å². The molecular weight excluding hydrogens is 524 g/mol. The lowest BCUT2D eigenvalue weighted by Gasteiger charge is -2.67. The molecule has 4 rings (SSSR count). The van der Waals surface area contributed by atoms with Crippen LogP contribution in [-0.4, -0.2) is 46.8 Å². The number of carboxylic acid groups (broad SMARTS) is 1. The molecule has 9 atom stereocenters. The summed E-state index contributed by atoms with van der Waals surface area (Å²) < 4.78 is 11.7. The van der Waals surface area contributed by atoms with Gasteiger partial charge in [-0.25, -0.2) is 4.79 Å². The number of carbonyl (C=O) groups excluding carboxylic acids is 4. The Kier molecular flexibility index (Phi) is 8.04. The van der Waals surface area contributed by atoms with Gasteiger partial charge in [-0.2, -0.15) is 0 Å². The Morgan fingerprint density at radius 2 is 1.66 bits per heavy atom. The van der Waals surface area contributed by atoms with Crippen molar-refractivity contribution in [3.05, 3.63) is 34.9 Å². The quantitative estimate of drug-likeness (QED) is 0.257. The van der Waals surface area contributed by atoms with E-state index in [1.807, 2.05) is 46.8 Å². The summed E-state index contributed by atoms with van der Waals surface area (Å²) in [4.78, 5) is 64.6. The molecule has 0 radical (unpaired) electrons. The Labute approximate surface area is 242 Å². The molecule has 41 heavy (non-hydrogen) atoms. The van der Waals surface area contributed by atoms with Crippen molar-refractivity contribution >= 4 is 29.5 Å². The first-order chi connectivity index (χ1) is 19.0. The van der Waals surface area contributed by atoms with Crippen LogP contribution in [0.2, 0.25) is 0 Å². The Hall–Kier alpha value is -3.03. The predicted octanol–water partition coefficient (Wildman–Crippen LogP) is 5.40. The third-order valence-corrected chi connectivity index (χ3v) is 11.0. The highest BCUT2D eigenvalue weighted by Crippen LogP contribution is 2.73. The number of fused-ring (bicyclic) bond motifs is 5. The van der Waals surface area contributed by atoms with Crippen molar-refractivity contribution in [1.29, 1.82) is 0 Å². The average Bonchev–Trinajstić information content (AvgIpc) is 3.13. The van der Waals surface area contributed by atoms with Crippen LogP contribution in [-0.2, 0) is 33.4 Å². The monoisotopic (exact) mass is 568 g/mol. The number of carbonyl (C=O) groups is 5. The Morgan fingerprint density at radius 1 is 1.02 bits per heavy atom. The molecule has 4 aliphatic rings. The first kappa shape index (κ1) is 30.9. The summed E-state index contributed by atoms with van der Waals surface area (Å²) in [5.74, 6) is -4.14. The third kappa shape index (κ3) is 4.71. The number of hydrogen-bond acceptors (Lipinski definition) is 7. The largest absolute Gasteiger partial charge is 0.478 e. The van der Waals surface area contributed by atoms with Gasteiger partial charge in [0.05, 0.1) is 0 Å². The molecule has 3 fully saturated rings. The molecule has 0 bridgehead atoms. The second kappa shape index (κ2) is 10.7. The maximum atomic E-state index is 14.4. The van der Waals surface area contributed by atoms with E-state index < -0.39 is 58.2 Å². The van der Waals surface area contributed by atoms with Crippen molar-refractivity contribution < 1.29 is 38.6 Å². The number of allylic oxidation sites excluding steroid dienone is 4. The smallest absolute Gasteiger partial charge is 0.331 e. The molecule has 0 aliphatic heterocycles. The van der Waals surface area contributed by atoms with Gasteiger partial charge in [0.1, 0.15) is 6.10 Å². The van der Waals surface area contributed by atoms with Crippen LogP contribution in [0.4, 0.5) is 0 Å². The van der Waals surface area contributed by atoms with Crippen molar-refractivity contribution in [1.82, 2.24) is 0 Å². The fourth-order valence-corrected chi connectivity index (χ4v) is 9.25. The van der Waals surface area contributed by atoms with Crippen LogP contribution in [0.15, 0.2) is 34.9 Å². The van der Waals surface area contributed by atoms with Crippen molar-refractivity contribution in [3.63, 3.8) is 0 Å². The summed E-state index contributed by atoms with van der Waals surface area (Å²) in [6, 6.07) is 0. The minimum Gasteiger partial charge on any atom is -0.478 e. The van der Waals surface area contributed by atoms with Crippen molar-refractivity contribution in [2.24, 2.45) is 39.9 Å². The average molecular weight is 569 g/mol. The Morgan fingerprint density at radius 3 is 2.22 bits per heavy atom. The molecule has 1 N–H and O–H groups in total. The van der Waals surface area contributed by atoms with Gasteiger partial charge in [0, 0.05) is 36.7 Å². The highest BCUT2D eigenvalue weighted by atomic mass is 16.6. The van der Waals surface area contributed by atoms with Gasteiger partial charge in [-0.1, -0.05) is 45.4 Å². The highest BCUT2D eigenvalue weighted by molar-refractivity contribution is 6.00. The molecule has 8 nitrogen and oxygen atoms in total. The molecule has 0 spiro atoms. The van der Waals surface area contributed by atoms with Crippen LogP contribution >= 0.6 is 0 Å². The second-order valence-electron chi connectivity index (χ2n) is 13.5. The fourth-order valence-electron chi connectivity index (χ4n) is 9.25. The molecule has 3 saturated carbocycles. The van der Waals surface area contributed by atoms with Crippen LogP contribution in [0.5, 0.6) is 0 Å². The highest BCUT2D eigenvalue weighted by Gasteiger charge is 2.74. The Balaban J connectivity index is 1.95. The van der Waals surface area contributed by atoms with Gasteiger partial charge in [0.25, 0.3) is 0 Å². The summed E-state index contributed by atoms with van der Waals surface area (Å²) in [7, 11) is 0. The van der Waals surface area contributed by atoms with Gasteiger partial charge >= 0.3 is 17.9 Å². The number of aliphatic carboxylic acids is 1. The lowest BCUT2D eigenvalue weighted by atomic mass is 9.37. The molecule has 4 aliphatic carbocycles. The zero-order valence-corrected chi connectivity index (χ0v) is 25.5. The van der Waals surface area contributed by atoms with Crippen molar-refractivity contribution in [2.45, 2.75) is 99.7 Å². The predicted molar refractivity (Wildman–Crippen MR) is 151 cm³/mol. The summed E-state index contributed by atoms with van der Waals surface area (Å²) in [5, 5.41) is 10.4. The lowest BCUT2D eigenvalue weighted by Crippen LogP contribution is -2.70. The maximum Gasteiger partial charge on any atom is 0.331 e. The van der Waals surface area contributed by atoms with Gasteiger partial charge in [0.2, 0.25) is 0 Å². The van der Waals surface area contributed by atoms with E-state index in [1.54, 1.807) is 13.0 Å². The van der Waals surface area contributed by atoms with E-state index in [2.05, 4.69) is 0 Å². The Bertz CT molecular complexity index is 1270. The third-order valence-electron chi connectivity index (χ3n) is 11.0. The molecule has 0 heterocycles. The molecule has 8 heteroatoms. The topological polar surface area (TPSA) is 124 Å². The van der Waals surface area contributed by atoms with Gasteiger partial charge < -0.3 is 14.6 Å². The van der Waals surface area contributed by atoms with Crippen LogP contribution < -0.4 is 0 Å². The standard InChI is InChI=1S/C33H44O8/c1-17(2)10-9-11-21(30(38)39)26-22-12-13-25-31(6)15-14-23(36)18(3)27(31)28(37)29(41-20(5)35)33(25,8)32(22,7)16-24(26)40-19(4)34/h10,14-15,18,22,24-25,27,29H,9,11-13,16H2,1-8H3,(H,38,39). The van der Waals surface area contributed by atoms with Gasteiger partial charge in [0.15, 0.2) is 17.7 Å². The van der Waals surface area contributed by atoms with E-state index in [0.717, 1.165) is 5.57 Å². The van der Waals surface area contributed by atoms with Gasteiger partial charge in [-0.15, -0.1) is 0 Å². The number of Topliss-reactive ketones (excluding diaryl/α,β-unsaturated/α-hetero) is 1. The summed E-state index contributed by atoms with van der Waals surface area (Å²) in [5.41, 5.74) is -0.381. The summed E-state index contributed by atoms with van der Waals surface area (Å²) in [6.07, 6.45) is 5.97. The first-order valence-electron chi connectivity index (χ1n) is 14.7. The molecule has 9 unspecified atom stereocenters. The van der Waals surface area contributed by atoms with Crippen LogP contribution in [0.25, 0.3) is 0 Å². The fraction of sp³-hybridized carbons (Fsp3) is 0.667. The SMILES string of the molecule is CC(=O)OC1CC2(C)C(CCC3C4(C)C=CC(=O)C(C)C4C(=O)C(OC(C)=O)C32C)C1=C(CCC=C(C)C)C(=O)O. The van der Waals surface area contributed by atoms with Crippen molar-refractivity contribution in [2.75, 3.05) is 0 Å². The van der Waals surface area contributed by atoms with E-state index in [1.165, 1.54) is 13.8 Å². The van der Waals surface area contributed by atoms with Gasteiger partial charge in [-0.05, 0) is 80.3 Å². The molecule has 0 aromatic heterocycles. The van der Waals surface area contributed by atoms with E-state index in [4.69, 9.17) is 9.47 Å². The zero-order valence-electron chi connectivity index (χ0n) is 25.5. The normalized spacial score (nSPS) is 40.6. The number of carboxylic acids is 1. The van der Waals surface area contributed by atoms with E-state index in [0.29, 0.717) is 31.3 Å². The van der Waals surface area contributed by atoms with Crippen molar-refractivity contribution in [3.8, 4) is 0 Å². The molecular formula is C33H44O8. The summed E-state index contributed by atoms with van der Waals surface area (Å²) >= 11 is 0. The zero-order chi connectivity index (χ0) is 30.7. The summed E-state index contributed by atoms with van der Waals surface area (Å²) in [6.45, 7) is 14.3. The molecule has 0 amide bonds.